The minimum Gasteiger partial charge on any atom is -0.474 e. The highest BCUT2D eigenvalue weighted by Gasteiger charge is 2.28. The van der Waals surface area contributed by atoms with Gasteiger partial charge in [-0.2, -0.15) is 10.1 Å². The molecule has 2 saturated carbocycles. The van der Waals surface area contributed by atoms with Crippen molar-refractivity contribution in [3.63, 3.8) is 0 Å². The topological polar surface area (TPSA) is 100 Å². The first kappa shape index (κ1) is 21.3. The van der Waals surface area contributed by atoms with Crippen LogP contribution in [-0.4, -0.2) is 44.1 Å². The van der Waals surface area contributed by atoms with E-state index in [1.807, 2.05) is 10.9 Å². The van der Waals surface area contributed by atoms with Gasteiger partial charge in [-0.05, 0) is 70.1 Å². The quantitative estimate of drug-likeness (QED) is 0.596. The zero-order valence-electron chi connectivity index (χ0n) is 19.3. The lowest BCUT2D eigenvalue weighted by Gasteiger charge is -2.26. The largest absolute Gasteiger partial charge is 0.474 e. The molecule has 0 aromatic carbocycles. The lowest BCUT2D eigenvalue weighted by Crippen LogP contribution is -2.28. The molecular weight excluding hydrogens is 434 g/mol. The molecule has 3 aromatic rings. The molecule has 1 aliphatic heterocycles. The minimum atomic E-state index is -0.406. The van der Waals surface area contributed by atoms with Crippen molar-refractivity contribution >= 4 is 22.6 Å². The molecule has 2 aliphatic carbocycles. The Labute approximate surface area is 197 Å². The molecule has 9 heteroatoms. The predicted molar refractivity (Wildman–Crippen MR) is 126 cm³/mol. The molecule has 0 radical (unpaired) electrons. The van der Waals surface area contributed by atoms with E-state index in [1.54, 1.807) is 29.0 Å². The molecule has 0 unspecified atom stereocenters. The number of fused-ring (bicyclic) bond motifs is 1. The number of hydrogen-bond acceptors (Lipinski definition) is 6. The van der Waals surface area contributed by atoms with Crippen LogP contribution in [0.5, 0.6) is 5.88 Å². The third kappa shape index (κ3) is 4.09. The molecule has 1 saturated heterocycles. The van der Waals surface area contributed by atoms with Gasteiger partial charge in [-0.1, -0.05) is 0 Å². The Balaban J connectivity index is 1.32. The van der Waals surface area contributed by atoms with Crippen LogP contribution < -0.4 is 15.6 Å². The second-order valence-electron chi connectivity index (χ2n) is 9.73. The van der Waals surface area contributed by atoms with Crippen LogP contribution in [0.2, 0.25) is 0 Å². The van der Waals surface area contributed by atoms with Crippen LogP contribution in [0.4, 0.5) is 5.69 Å². The van der Waals surface area contributed by atoms with Crippen LogP contribution in [0, 0.1) is 0 Å². The van der Waals surface area contributed by atoms with Gasteiger partial charge in [0.2, 0.25) is 5.88 Å². The zero-order valence-corrected chi connectivity index (χ0v) is 19.3. The lowest BCUT2D eigenvalue weighted by atomic mass is 9.96. The van der Waals surface area contributed by atoms with Gasteiger partial charge in [-0.3, -0.25) is 14.3 Å². The maximum atomic E-state index is 13.3. The molecule has 0 bridgehead atoms. The summed E-state index contributed by atoms with van der Waals surface area (Å²) in [5, 5.41) is 8.23. The third-order valence-electron chi connectivity index (χ3n) is 7.07. The normalized spacial score (nSPS) is 23.0. The summed E-state index contributed by atoms with van der Waals surface area (Å²) in [6.07, 6.45) is 10.9. The number of ether oxygens (including phenoxy) is 2. The SMILES string of the molecule is C[C@@H]1CC[C@H](n2cc3cc(C(=O)Nc4cccn(C5CC5)c4=O)c(OC4CCC4)nc3n2)CO1. The second-order valence-corrected chi connectivity index (χ2v) is 9.73. The molecule has 6 rings (SSSR count). The minimum absolute atomic E-state index is 0.0515. The molecule has 178 valence electrons. The van der Waals surface area contributed by atoms with Gasteiger partial charge in [-0.15, -0.1) is 0 Å². The summed E-state index contributed by atoms with van der Waals surface area (Å²) in [7, 11) is 0. The van der Waals surface area contributed by atoms with Crippen LogP contribution in [0.3, 0.4) is 0 Å². The highest BCUT2D eigenvalue weighted by molar-refractivity contribution is 6.07. The van der Waals surface area contributed by atoms with Gasteiger partial charge in [0.25, 0.3) is 11.5 Å². The Morgan fingerprint density at radius 1 is 1.18 bits per heavy atom. The van der Waals surface area contributed by atoms with E-state index in [2.05, 4.69) is 22.3 Å². The summed E-state index contributed by atoms with van der Waals surface area (Å²) in [6.45, 7) is 2.69. The van der Waals surface area contributed by atoms with Crippen molar-refractivity contribution < 1.29 is 14.3 Å². The van der Waals surface area contributed by atoms with Crippen molar-refractivity contribution in [2.75, 3.05) is 11.9 Å². The van der Waals surface area contributed by atoms with Crippen molar-refractivity contribution in [2.45, 2.75) is 76.2 Å². The lowest BCUT2D eigenvalue weighted by molar-refractivity contribution is -0.00353. The van der Waals surface area contributed by atoms with Crippen LogP contribution in [-0.2, 0) is 4.74 Å². The summed E-state index contributed by atoms with van der Waals surface area (Å²) in [5.41, 5.74) is 0.931. The van der Waals surface area contributed by atoms with Crippen molar-refractivity contribution in [3.8, 4) is 5.88 Å². The molecule has 34 heavy (non-hydrogen) atoms. The highest BCUT2D eigenvalue weighted by atomic mass is 16.5. The number of aromatic nitrogens is 4. The van der Waals surface area contributed by atoms with E-state index in [0.717, 1.165) is 50.3 Å². The van der Waals surface area contributed by atoms with E-state index in [9.17, 15) is 9.59 Å². The smallest absolute Gasteiger partial charge is 0.274 e. The van der Waals surface area contributed by atoms with E-state index in [-0.39, 0.29) is 41.4 Å². The molecule has 1 N–H and O–H groups in total. The summed E-state index contributed by atoms with van der Waals surface area (Å²) >= 11 is 0. The van der Waals surface area contributed by atoms with Gasteiger partial charge in [-0.25, -0.2) is 0 Å². The number of anilines is 1. The summed E-state index contributed by atoms with van der Waals surface area (Å²) < 4.78 is 15.5. The second kappa shape index (κ2) is 8.54. The predicted octanol–water partition coefficient (Wildman–Crippen LogP) is 3.85. The van der Waals surface area contributed by atoms with Gasteiger partial charge in [0.1, 0.15) is 17.4 Å². The first-order valence-corrected chi connectivity index (χ1v) is 12.3. The number of carbonyl (C=O) groups excluding carboxylic acids is 1. The molecule has 9 nitrogen and oxygen atoms in total. The molecule has 0 spiro atoms. The van der Waals surface area contributed by atoms with Crippen molar-refractivity contribution in [1.29, 1.82) is 0 Å². The molecule has 3 fully saturated rings. The van der Waals surface area contributed by atoms with Crippen LogP contribution in [0.15, 0.2) is 35.4 Å². The summed E-state index contributed by atoms with van der Waals surface area (Å²) in [4.78, 5) is 30.8. The van der Waals surface area contributed by atoms with Gasteiger partial charge >= 0.3 is 0 Å². The zero-order chi connectivity index (χ0) is 23.2. The standard InChI is InChI=1S/C25H29N5O4/c1-15-7-8-18(14-33-15)30-13-16-12-20(24(27-22(16)28-30)34-19-4-2-5-19)23(31)26-21-6-3-11-29(25(21)32)17-9-10-17/h3,6,11-13,15,17-19H,2,4-5,7-10,14H2,1H3,(H,26,31)/t15-,18+/m1/s1. The van der Waals surface area contributed by atoms with E-state index in [1.165, 1.54) is 0 Å². The maximum absolute atomic E-state index is 13.3. The molecular formula is C25H29N5O4. The average molecular weight is 464 g/mol. The number of rotatable bonds is 6. The van der Waals surface area contributed by atoms with E-state index in [4.69, 9.17) is 9.47 Å². The number of nitrogens with one attached hydrogen (secondary N) is 1. The van der Waals surface area contributed by atoms with Crippen molar-refractivity contribution in [1.82, 2.24) is 19.3 Å². The van der Waals surface area contributed by atoms with E-state index >= 15 is 0 Å². The van der Waals surface area contributed by atoms with Gasteiger partial charge in [0, 0.05) is 23.8 Å². The number of hydrogen-bond donors (Lipinski definition) is 1. The molecule has 3 aromatic heterocycles. The number of nitrogens with zero attached hydrogens (tertiary/aromatic N) is 4. The first-order valence-electron chi connectivity index (χ1n) is 12.3. The third-order valence-corrected chi connectivity index (χ3v) is 7.07. The number of amides is 1. The average Bonchev–Trinajstić information content (AvgIpc) is 3.56. The highest BCUT2D eigenvalue weighted by Crippen LogP contribution is 2.34. The van der Waals surface area contributed by atoms with E-state index < -0.39 is 5.91 Å². The fourth-order valence-corrected chi connectivity index (χ4v) is 4.56. The molecule has 4 heterocycles. The number of carbonyl (C=O) groups is 1. The molecule has 2 atom stereocenters. The monoisotopic (exact) mass is 463 g/mol. The van der Waals surface area contributed by atoms with E-state index in [0.29, 0.717) is 17.8 Å². The Hall–Kier alpha value is -3.20. The van der Waals surface area contributed by atoms with Gasteiger partial charge < -0.3 is 19.4 Å². The fourth-order valence-electron chi connectivity index (χ4n) is 4.56. The van der Waals surface area contributed by atoms with Crippen LogP contribution >= 0.6 is 0 Å². The van der Waals surface area contributed by atoms with Crippen LogP contribution in [0.1, 0.15) is 74.3 Å². The first-order chi connectivity index (χ1) is 16.5. The van der Waals surface area contributed by atoms with Crippen LogP contribution in [0.25, 0.3) is 11.0 Å². The Kier molecular flexibility index (Phi) is 5.36. The summed E-state index contributed by atoms with van der Waals surface area (Å²) in [6, 6.07) is 5.57. The summed E-state index contributed by atoms with van der Waals surface area (Å²) in [5.74, 6) is -0.135. The fraction of sp³-hybridized carbons (Fsp3) is 0.520. The van der Waals surface area contributed by atoms with Gasteiger partial charge in [0.05, 0.1) is 18.8 Å². The molecule has 3 aliphatic rings. The van der Waals surface area contributed by atoms with Gasteiger partial charge in [0.15, 0.2) is 5.65 Å². The Morgan fingerprint density at radius 2 is 2.00 bits per heavy atom. The Bertz CT molecular complexity index is 1280. The number of pyridine rings is 2. The maximum Gasteiger partial charge on any atom is 0.274 e. The van der Waals surface area contributed by atoms with Crippen molar-refractivity contribution in [3.05, 3.63) is 46.5 Å². The Morgan fingerprint density at radius 3 is 2.71 bits per heavy atom. The van der Waals surface area contributed by atoms with Crippen molar-refractivity contribution in [2.24, 2.45) is 0 Å². The molecule has 1 amide bonds.